The summed E-state index contributed by atoms with van der Waals surface area (Å²) in [6, 6.07) is 4.96. The summed E-state index contributed by atoms with van der Waals surface area (Å²) in [5, 5.41) is 7.83. The standard InChI is InChI=1S/C12H10F2N4O2/c13-12(14)19-10-7(6-18-5-1-4-16-18)2-3-8-9(10)11(15)17-20-8/h1-5,12H,6H2,(H2,15,17). The number of ether oxygens (including phenoxy) is 1. The molecule has 3 aromatic rings. The predicted octanol–water partition coefficient (Wildman–Crippen LogP) is 2.26. The van der Waals surface area contributed by atoms with Crippen LogP contribution in [0.3, 0.4) is 0 Å². The Labute approximate surface area is 111 Å². The molecule has 6 nitrogen and oxygen atoms in total. The minimum absolute atomic E-state index is 0.0120. The van der Waals surface area contributed by atoms with E-state index in [1.807, 2.05) is 0 Å². The molecule has 8 heteroatoms. The second-order valence-electron chi connectivity index (χ2n) is 4.08. The molecule has 0 bridgehead atoms. The first-order valence-electron chi connectivity index (χ1n) is 5.74. The second kappa shape index (κ2) is 4.80. The van der Waals surface area contributed by atoms with Crippen molar-refractivity contribution in [2.24, 2.45) is 0 Å². The number of halogens is 2. The average molecular weight is 280 g/mol. The van der Waals surface area contributed by atoms with E-state index in [1.54, 1.807) is 35.3 Å². The molecule has 20 heavy (non-hydrogen) atoms. The van der Waals surface area contributed by atoms with Crippen LogP contribution in [0.5, 0.6) is 5.75 Å². The zero-order chi connectivity index (χ0) is 14.1. The van der Waals surface area contributed by atoms with Gasteiger partial charge >= 0.3 is 6.61 Å². The van der Waals surface area contributed by atoms with Crippen molar-refractivity contribution in [2.45, 2.75) is 13.2 Å². The van der Waals surface area contributed by atoms with Gasteiger partial charge in [-0.3, -0.25) is 4.68 Å². The van der Waals surface area contributed by atoms with Crippen LogP contribution in [0.25, 0.3) is 11.0 Å². The van der Waals surface area contributed by atoms with Crippen LogP contribution in [0.15, 0.2) is 35.1 Å². The second-order valence-corrected chi connectivity index (χ2v) is 4.08. The zero-order valence-corrected chi connectivity index (χ0v) is 10.2. The summed E-state index contributed by atoms with van der Waals surface area (Å²) >= 11 is 0. The number of hydrogen-bond donors (Lipinski definition) is 1. The van der Waals surface area contributed by atoms with E-state index in [4.69, 9.17) is 10.3 Å². The quantitative estimate of drug-likeness (QED) is 0.793. The van der Waals surface area contributed by atoms with Gasteiger partial charge < -0.3 is 15.0 Å². The van der Waals surface area contributed by atoms with E-state index in [-0.39, 0.29) is 23.5 Å². The molecule has 0 aliphatic heterocycles. The number of rotatable bonds is 4. The van der Waals surface area contributed by atoms with Gasteiger partial charge in [0.2, 0.25) is 0 Å². The number of anilines is 1. The Morgan fingerprint density at radius 3 is 2.95 bits per heavy atom. The molecule has 1 aromatic carbocycles. The lowest BCUT2D eigenvalue weighted by Crippen LogP contribution is -2.08. The Morgan fingerprint density at radius 2 is 2.25 bits per heavy atom. The molecule has 0 aliphatic rings. The van der Waals surface area contributed by atoms with Crippen molar-refractivity contribution >= 4 is 16.8 Å². The number of nitrogens with zero attached hydrogens (tertiary/aromatic N) is 3. The van der Waals surface area contributed by atoms with Crippen LogP contribution < -0.4 is 10.5 Å². The van der Waals surface area contributed by atoms with Gasteiger partial charge in [-0.1, -0.05) is 5.16 Å². The summed E-state index contributed by atoms with van der Waals surface area (Å²) in [7, 11) is 0. The maximum Gasteiger partial charge on any atom is 0.387 e. The Morgan fingerprint density at radius 1 is 1.40 bits per heavy atom. The fourth-order valence-electron chi connectivity index (χ4n) is 1.99. The number of alkyl halides is 2. The Kier molecular flexibility index (Phi) is 2.97. The lowest BCUT2D eigenvalue weighted by molar-refractivity contribution is -0.0494. The van der Waals surface area contributed by atoms with Gasteiger partial charge in [-0.05, 0) is 18.2 Å². The molecular weight excluding hydrogens is 270 g/mol. The van der Waals surface area contributed by atoms with E-state index in [1.165, 1.54) is 0 Å². The third-order valence-electron chi connectivity index (χ3n) is 2.80. The van der Waals surface area contributed by atoms with E-state index in [0.717, 1.165) is 0 Å². The van der Waals surface area contributed by atoms with E-state index in [2.05, 4.69) is 15.0 Å². The Hall–Kier alpha value is -2.64. The fraction of sp³-hybridized carbons (Fsp3) is 0.167. The minimum Gasteiger partial charge on any atom is -0.434 e. The molecule has 0 fully saturated rings. The van der Waals surface area contributed by atoms with E-state index in [0.29, 0.717) is 11.1 Å². The van der Waals surface area contributed by atoms with Crippen LogP contribution in [0, 0.1) is 0 Å². The van der Waals surface area contributed by atoms with E-state index < -0.39 is 6.61 Å². The smallest absolute Gasteiger partial charge is 0.387 e. The topological polar surface area (TPSA) is 79.1 Å². The number of hydrogen-bond acceptors (Lipinski definition) is 5. The number of benzene rings is 1. The number of nitrogens with two attached hydrogens (primary N) is 1. The lowest BCUT2D eigenvalue weighted by atomic mass is 10.1. The zero-order valence-electron chi connectivity index (χ0n) is 10.2. The number of aromatic nitrogens is 3. The maximum absolute atomic E-state index is 12.6. The average Bonchev–Trinajstić information content (AvgIpc) is 3.02. The highest BCUT2D eigenvalue weighted by Crippen LogP contribution is 2.35. The minimum atomic E-state index is -2.97. The Balaban J connectivity index is 2.12. The summed E-state index contributed by atoms with van der Waals surface area (Å²) in [5.74, 6) is -0.0234. The van der Waals surface area contributed by atoms with Crippen molar-refractivity contribution in [1.82, 2.24) is 14.9 Å². The van der Waals surface area contributed by atoms with Crippen LogP contribution in [0.4, 0.5) is 14.6 Å². The molecule has 104 valence electrons. The third kappa shape index (κ3) is 2.15. The van der Waals surface area contributed by atoms with Crippen molar-refractivity contribution in [2.75, 3.05) is 5.73 Å². The summed E-state index contributed by atoms with van der Waals surface area (Å²) in [6.45, 7) is -2.69. The molecule has 2 aromatic heterocycles. The summed E-state index contributed by atoms with van der Waals surface area (Å²) in [5.41, 5.74) is 6.45. The van der Waals surface area contributed by atoms with Gasteiger partial charge in [0, 0.05) is 18.0 Å². The first kappa shape index (κ1) is 12.4. The molecule has 0 saturated heterocycles. The largest absolute Gasteiger partial charge is 0.434 e. The van der Waals surface area contributed by atoms with Gasteiger partial charge in [-0.25, -0.2) is 0 Å². The van der Waals surface area contributed by atoms with Crippen molar-refractivity contribution in [3.8, 4) is 5.75 Å². The van der Waals surface area contributed by atoms with Gasteiger partial charge in [-0.15, -0.1) is 0 Å². The number of nitrogen functional groups attached to an aromatic ring is 1. The summed E-state index contributed by atoms with van der Waals surface area (Å²) in [4.78, 5) is 0. The van der Waals surface area contributed by atoms with Gasteiger partial charge in [0.1, 0.15) is 11.1 Å². The normalized spacial score (nSPS) is 11.3. The van der Waals surface area contributed by atoms with Crippen LogP contribution in [-0.2, 0) is 6.54 Å². The van der Waals surface area contributed by atoms with Crippen molar-refractivity contribution in [3.05, 3.63) is 36.2 Å². The Bertz CT molecular complexity index is 724. The van der Waals surface area contributed by atoms with Crippen molar-refractivity contribution < 1.29 is 18.0 Å². The first-order valence-corrected chi connectivity index (χ1v) is 5.74. The molecule has 0 radical (unpaired) electrons. The van der Waals surface area contributed by atoms with Gasteiger partial charge in [-0.2, -0.15) is 13.9 Å². The molecule has 0 amide bonds. The highest BCUT2D eigenvalue weighted by molar-refractivity contribution is 5.93. The monoisotopic (exact) mass is 280 g/mol. The lowest BCUT2D eigenvalue weighted by Gasteiger charge is -2.11. The van der Waals surface area contributed by atoms with Gasteiger partial charge in [0.15, 0.2) is 11.4 Å². The van der Waals surface area contributed by atoms with Crippen molar-refractivity contribution in [3.63, 3.8) is 0 Å². The SMILES string of the molecule is Nc1noc2ccc(Cn3cccn3)c(OC(F)F)c12. The van der Waals surface area contributed by atoms with E-state index in [9.17, 15) is 8.78 Å². The molecule has 0 aliphatic carbocycles. The highest BCUT2D eigenvalue weighted by Gasteiger charge is 2.19. The predicted molar refractivity (Wildman–Crippen MR) is 66.4 cm³/mol. The molecule has 0 spiro atoms. The summed E-state index contributed by atoms with van der Waals surface area (Å²) in [6.07, 6.45) is 3.31. The van der Waals surface area contributed by atoms with E-state index >= 15 is 0 Å². The molecule has 0 unspecified atom stereocenters. The molecule has 3 rings (SSSR count). The van der Waals surface area contributed by atoms with Crippen LogP contribution in [0.2, 0.25) is 0 Å². The van der Waals surface area contributed by atoms with Crippen LogP contribution in [-0.4, -0.2) is 21.5 Å². The first-order chi connectivity index (χ1) is 9.65. The maximum atomic E-state index is 12.6. The van der Waals surface area contributed by atoms with Crippen LogP contribution >= 0.6 is 0 Å². The van der Waals surface area contributed by atoms with Crippen LogP contribution in [0.1, 0.15) is 5.56 Å². The third-order valence-corrected chi connectivity index (χ3v) is 2.80. The fourth-order valence-corrected chi connectivity index (χ4v) is 1.99. The molecular formula is C12H10F2N4O2. The molecule has 2 heterocycles. The number of fused-ring (bicyclic) bond motifs is 1. The van der Waals surface area contributed by atoms with Crippen molar-refractivity contribution in [1.29, 1.82) is 0 Å². The highest BCUT2D eigenvalue weighted by atomic mass is 19.3. The van der Waals surface area contributed by atoms with Gasteiger partial charge in [0.05, 0.1) is 6.54 Å². The molecule has 0 saturated carbocycles. The molecule has 0 atom stereocenters. The van der Waals surface area contributed by atoms with Gasteiger partial charge in [0.25, 0.3) is 0 Å². The summed E-state index contributed by atoms with van der Waals surface area (Å²) < 4.78 is 36.3. The molecule has 2 N–H and O–H groups in total.